The van der Waals surface area contributed by atoms with Gasteiger partial charge >= 0.3 is 0 Å². The highest BCUT2D eigenvalue weighted by Gasteiger charge is 2.01. The number of nitrogens with one attached hydrogen (secondary N) is 1. The number of nitrogens with zero attached hydrogens (tertiary/aromatic N) is 1. The molecule has 2 rings (SSSR count). The van der Waals surface area contributed by atoms with Gasteiger partial charge in [-0.2, -0.15) is 0 Å². The monoisotopic (exact) mass is 370 g/mol. The van der Waals surface area contributed by atoms with E-state index in [0.717, 1.165) is 38.0 Å². The Morgan fingerprint density at radius 2 is 1.52 bits per heavy atom. The maximum absolute atomic E-state index is 9.48. The zero-order valence-electron chi connectivity index (χ0n) is 16.5. The summed E-state index contributed by atoms with van der Waals surface area (Å²) in [5, 5.41) is 22.2. The third-order valence-electron chi connectivity index (χ3n) is 4.90. The molecule has 4 nitrogen and oxygen atoms in total. The Bertz CT molecular complexity index is 646. The number of rotatable bonds is 13. The van der Waals surface area contributed by atoms with Crippen LogP contribution in [-0.4, -0.2) is 48.3 Å². The predicted molar refractivity (Wildman–Crippen MR) is 112 cm³/mol. The van der Waals surface area contributed by atoms with Gasteiger partial charge in [0, 0.05) is 6.54 Å². The van der Waals surface area contributed by atoms with Crippen LogP contribution in [0.25, 0.3) is 0 Å². The first kappa shape index (κ1) is 21.3. The average Bonchev–Trinajstić information content (AvgIpc) is 2.68. The van der Waals surface area contributed by atoms with E-state index in [1.54, 1.807) is 12.1 Å². The Balaban J connectivity index is 1.41. The highest BCUT2D eigenvalue weighted by Crippen LogP contribution is 2.24. The maximum atomic E-state index is 9.48. The molecule has 0 radical (unpaired) electrons. The van der Waals surface area contributed by atoms with Crippen LogP contribution in [0.2, 0.25) is 0 Å². The highest BCUT2D eigenvalue weighted by atomic mass is 16.3. The summed E-state index contributed by atoms with van der Waals surface area (Å²) < 4.78 is 0. The largest absolute Gasteiger partial charge is 0.504 e. The van der Waals surface area contributed by atoms with E-state index < -0.39 is 0 Å². The summed E-state index contributed by atoms with van der Waals surface area (Å²) >= 11 is 0. The molecule has 0 amide bonds. The first-order valence-electron chi connectivity index (χ1n) is 10.1. The number of likely N-dealkylation sites (N-methyl/N-ethyl adjacent to an activating group) is 1. The first-order chi connectivity index (χ1) is 13.1. The first-order valence-corrected chi connectivity index (χ1v) is 10.1. The Hall–Kier alpha value is -2.04. The van der Waals surface area contributed by atoms with E-state index in [9.17, 15) is 10.2 Å². The van der Waals surface area contributed by atoms with Crippen molar-refractivity contribution in [1.29, 1.82) is 0 Å². The van der Waals surface area contributed by atoms with E-state index in [1.807, 2.05) is 6.07 Å². The van der Waals surface area contributed by atoms with Crippen molar-refractivity contribution < 1.29 is 10.2 Å². The van der Waals surface area contributed by atoms with Gasteiger partial charge in [0.05, 0.1) is 0 Å². The van der Waals surface area contributed by atoms with E-state index in [2.05, 4.69) is 47.6 Å². The van der Waals surface area contributed by atoms with E-state index in [4.69, 9.17) is 0 Å². The van der Waals surface area contributed by atoms with Gasteiger partial charge in [-0.15, -0.1) is 0 Å². The molecule has 4 heteroatoms. The number of hydrogen-bond acceptors (Lipinski definition) is 4. The summed E-state index contributed by atoms with van der Waals surface area (Å²) in [6.45, 7) is 4.23. The summed E-state index contributed by atoms with van der Waals surface area (Å²) in [4.78, 5) is 2.43. The third kappa shape index (κ3) is 8.94. The van der Waals surface area contributed by atoms with Crippen molar-refractivity contribution in [2.24, 2.45) is 0 Å². The summed E-state index contributed by atoms with van der Waals surface area (Å²) in [5.41, 5.74) is 2.45. The van der Waals surface area contributed by atoms with Crippen LogP contribution in [0.15, 0.2) is 48.5 Å². The summed E-state index contributed by atoms with van der Waals surface area (Å²) in [6, 6.07) is 15.7. The molecule has 0 atom stereocenters. The maximum Gasteiger partial charge on any atom is 0.157 e. The number of hydrogen-bond donors (Lipinski definition) is 3. The van der Waals surface area contributed by atoms with Crippen LogP contribution in [-0.2, 0) is 12.8 Å². The van der Waals surface area contributed by atoms with Gasteiger partial charge in [-0.3, -0.25) is 0 Å². The normalized spacial score (nSPS) is 11.2. The Labute approximate surface area is 163 Å². The van der Waals surface area contributed by atoms with Gasteiger partial charge in [0.15, 0.2) is 11.5 Å². The lowest BCUT2D eigenvalue weighted by Crippen LogP contribution is -2.22. The average molecular weight is 371 g/mol. The van der Waals surface area contributed by atoms with Crippen molar-refractivity contribution in [3.63, 3.8) is 0 Å². The summed E-state index contributed by atoms with van der Waals surface area (Å²) in [7, 11) is 2.21. The molecule has 0 spiro atoms. The van der Waals surface area contributed by atoms with Gasteiger partial charge < -0.3 is 20.4 Å². The fraction of sp³-hybridized carbons (Fsp3) is 0.478. The van der Waals surface area contributed by atoms with Crippen LogP contribution in [0.1, 0.15) is 36.8 Å². The Morgan fingerprint density at radius 3 is 2.30 bits per heavy atom. The van der Waals surface area contributed by atoms with Crippen molar-refractivity contribution in [1.82, 2.24) is 10.2 Å². The number of phenolic OH excluding ortho intramolecular Hbond substituents is 2. The minimum absolute atomic E-state index is 0.0405. The molecule has 0 aliphatic rings. The van der Waals surface area contributed by atoms with Crippen LogP contribution < -0.4 is 5.32 Å². The van der Waals surface area contributed by atoms with Gasteiger partial charge in [-0.05, 0) is 75.6 Å². The number of unbranched alkanes of at least 4 members (excludes halogenated alkanes) is 3. The summed E-state index contributed by atoms with van der Waals surface area (Å²) in [6.07, 6.45) is 7.00. The SMILES string of the molecule is CN(CCCCCCNCCc1ccc(O)c(O)c1)CCc1ccccc1. The predicted octanol–water partition coefficient (Wildman–Crippen LogP) is 3.96. The molecule has 0 aliphatic carbocycles. The molecule has 0 fully saturated rings. The van der Waals surface area contributed by atoms with Gasteiger partial charge in [0.2, 0.25) is 0 Å². The molecule has 0 bridgehead atoms. The molecule has 27 heavy (non-hydrogen) atoms. The molecule has 2 aromatic carbocycles. The topological polar surface area (TPSA) is 55.7 Å². The molecule has 0 saturated carbocycles. The minimum Gasteiger partial charge on any atom is -0.504 e. The second-order valence-electron chi connectivity index (χ2n) is 7.28. The molecular weight excluding hydrogens is 336 g/mol. The molecule has 148 valence electrons. The van der Waals surface area contributed by atoms with Gasteiger partial charge in [0.1, 0.15) is 0 Å². The second-order valence-corrected chi connectivity index (χ2v) is 7.28. The smallest absolute Gasteiger partial charge is 0.157 e. The molecule has 2 aromatic rings. The number of aromatic hydroxyl groups is 2. The lowest BCUT2D eigenvalue weighted by Gasteiger charge is -2.16. The van der Waals surface area contributed by atoms with Crippen molar-refractivity contribution in [3.8, 4) is 11.5 Å². The van der Waals surface area contributed by atoms with Gasteiger partial charge in [-0.25, -0.2) is 0 Å². The van der Waals surface area contributed by atoms with Crippen LogP contribution in [0.5, 0.6) is 11.5 Å². The molecule has 3 N–H and O–H groups in total. The highest BCUT2D eigenvalue weighted by molar-refractivity contribution is 5.40. The van der Waals surface area contributed by atoms with Crippen molar-refractivity contribution in [2.45, 2.75) is 38.5 Å². The molecule has 0 saturated heterocycles. The number of benzene rings is 2. The quantitative estimate of drug-likeness (QED) is 0.369. The standard InChI is InChI=1S/C23H34N2O2/c1-25(18-14-20-9-5-4-6-10-20)17-8-3-2-7-15-24-16-13-21-11-12-22(26)23(27)19-21/h4-6,9-12,19,24,26-27H,2-3,7-8,13-18H2,1H3. The molecule has 0 heterocycles. The Kier molecular flexibility index (Phi) is 9.74. The van der Waals surface area contributed by atoms with Gasteiger partial charge in [-0.1, -0.05) is 49.2 Å². The molecule has 0 aliphatic heterocycles. The van der Waals surface area contributed by atoms with Crippen molar-refractivity contribution in [2.75, 3.05) is 33.2 Å². The molecule has 0 aromatic heterocycles. The lowest BCUT2D eigenvalue weighted by atomic mass is 10.1. The second kappa shape index (κ2) is 12.4. The van der Waals surface area contributed by atoms with E-state index in [1.165, 1.54) is 37.8 Å². The number of phenols is 2. The Morgan fingerprint density at radius 1 is 0.741 bits per heavy atom. The minimum atomic E-state index is -0.0579. The van der Waals surface area contributed by atoms with E-state index in [0.29, 0.717) is 0 Å². The summed E-state index contributed by atoms with van der Waals surface area (Å²) in [5.74, 6) is -0.0985. The van der Waals surface area contributed by atoms with E-state index in [-0.39, 0.29) is 11.5 Å². The molecular formula is C23H34N2O2. The van der Waals surface area contributed by atoms with Crippen LogP contribution in [0.4, 0.5) is 0 Å². The fourth-order valence-corrected chi connectivity index (χ4v) is 3.14. The lowest BCUT2D eigenvalue weighted by molar-refractivity contribution is 0.327. The van der Waals surface area contributed by atoms with Crippen molar-refractivity contribution in [3.05, 3.63) is 59.7 Å². The van der Waals surface area contributed by atoms with E-state index >= 15 is 0 Å². The fourth-order valence-electron chi connectivity index (χ4n) is 3.14. The third-order valence-corrected chi connectivity index (χ3v) is 4.90. The van der Waals surface area contributed by atoms with Gasteiger partial charge in [0.25, 0.3) is 0 Å². The zero-order chi connectivity index (χ0) is 19.3. The van der Waals surface area contributed by atoms with Crippen LogP contribution >= 0.6 is 0 Å². The van der Waals surface area contributed by atoms with Crippen molar-refractivity contribution >= 4 is 0 Å². The van der Waals surface area contributed by atoms with Crippen LogP contribution in [0.3, 0.4) is 0 Å². The molecule has 0 unspecified atom stereocenters. The van der Waals surface area contributed by atoms with Crippen LogP contribution in [0, 0.1) is 0 Å². The zero-order valence-corrected chi connectivity index (χ0v) is 16.5.